The van der Waals surface area contributed by atoms with Crippen LogP contribution >= 0.6 is 0 Å². The van der Waals surface area contributed by atoms with Crippen molar-refractivity contribution < 1.29 is 19.2 Å². The van der Waals surface area contributed by atoms with Crippen LogP contribution in [0.1, 0.15) is 42.7 Å². The van der Waals surface area contributed by atoms with Crippen molar-refractivity contribution in [3.05, 3.63) is 65.7 Å². The number of nitrogens with one attached hydrogen (secondary N) is 2. The second-order valence-electron chi connectivity index (χ2n) is 8.52. The van der Waals surface area contributed by atoms with Gasteiger partial charge in [0.25, 0.3) is 5.91 Å². The van der Waals surface area contributed by atoms with Gasteiger partial charge in [0.1, 0.15) is 24.4 Å². The van der Waals surface area contributed by atoms with Gasteiger partial charge < -0.3 is 19.9 Å². The van der Waals surface area contributed by atoms with Crippen LogP contribution in [0.3, 0.4) is 0 Å². The number of amides is 2. The second-order valence-corrected chi connectivity index (χ2v) is 8.52. The van der Waals surface area contributed by atoms with Crippen LogP contribution in [0.15, 0.2) is 54.6 Å². The zero-order valence-corrected chi connectivity index (χ0v) is 18.9. The van der Waals surface area contributed by atoms with E-state index < -0.39 is 6.04 Å². The van der Waals surface area contributed by atoms with Crippen LogP contribution in [0.2, 0.25) is 0 Å². The molecule has 2 amide bonds. The lowest BCUT2D eigenvalue weighted by Gasteiger charge is -2.40. The van der Waals surface area contributed by atoms with Crippen LogP contribution in [-0.2, 0) is 4.79 Å². The fourth-order valence-corrected chi connectivity index (χ4v) is 4.03. The maximum atomic E-state index is 13.6. The van der Waals surface area contributed by atoms with Crippen LogP contribution in [0, 0.1) is 5.92 Å². The quantitative estimate of drug-likeness (QED) is 0.714. The highest BCUT2D eigenvalue weighted by atomic mass is 16.5. The molecule has 1 saturated heterocycles. The van der Waals surface area contributed by atoms with Gasteiger partial charge in [-0.05, 0) is 42.7 Å². The molecule has 2 aromatic carbocycles. The number of benzene rings is 2. The number of quaternary nitrogens is 1. The number of carbonyl (C=O) groups is 2. The average molecular weight is 425 g/mol. The van der Waals surface area contributed by atoms with E-state index in [2.05, 4.69) is 24.5 Å². The molecule has 166 valence electrons. The molecule has 0 radical (unpaired) electrons. The van der Waals surface area contributed by atoms with Gasteiger partial charge in [0, 0.05) is 5.56 Å². The first-order valence-electron chi connectivity index (χ1n) is 11.1. The molecule has 0 bridgehead atoms. The van der Waals surface area contributed by atoms with E-state index in [9.17, 15) is 9.59 Å². The minimum absolute atomic E-state index is 0.00563. The highest BCUT2D eigenvalue weighted by molar-refractivity contribution is 5.97. The molecule has 1 aliphatic rings. The standard InChI is InChI=1S/C25H33N3O3/c1-5-31-21-13-11-20(12-14-21)24(29)26-23(18(2)3)25(30)28-16-15-27(4)17-22(28)19-9-7-6-8-10-19/h6-14,18,22-23H,5,15-17H2,1-4H3,(H,26,29)/p+1/t22-,23+/m1/s1. The Morgan fingerprint density at radius 3 is 2.42 bits per heavy atom. The predicted molar refractivity (Wildman–Crippen MR) is 121 cm³/mol. The van der Waals surface area contributed by atoms with Crippen molar-refractivity contribution in [1.82, 2.24) is 10.2 Å². The van der Waals surface area contributed by atoms with E-state index >= 15 is 0 Å². The minimum atomic E-state index is -0.580. The zero-order chi connectivity index (χ0) is 22.4. The molecule has 2 N–H and O–H groups in total. The molecule has 0 spiro atoms. The zero-order valence-electron chi connectivity index (χ0n) is 18.9. The smallest absolute Gasteiger partial charge is 0.251 e. The molecule has 6 heteroatoms. The van der Waals surface area contributed by atoms with E-state index in [1.165, 1.54) is 4.90 Å². The molecule has 0 aliphatic carbocycles. The third-order valence-corrected chi connectivity index (χ3v) is 5.81. The summed E-state index contributed by atoms with van der Waals surface area (Å²) in [6.07, 6.45) is 0. The summed E-state index contributed by atoms with van der Waals surface area (Å²) in [7, 11) is 2.16. The Balaban J connectivity index is 1.77. The van der Waals surface area contributed by atoms with Crippen molar-refractivity contribution in [3.8, 4) is 5.75 Å². The van der Waals surface area contributed by atoms with Gasteiger partial charge in [0.15, 0.2) is 0 Å². The van der Waals surface area contributed by atoms with Gasteiger partial charge in [0.2, 0.25) is 5.91 Å². The number of nitrogens with zero attached hydrogens (tertiary/aromatic N) is 1. The fourth-order valence-electron chi connectivity index (χ4n) is 4.03. The highest BCUT2D eigenvalue weighted by Gasteiger charge is 2.37. The van der Waals surface area contributed by atoms with Crippen molar-refractivity contribution in [2.75, 3.05) is 33.3 Å². The summed E-state index contributed by atoms with van der Waals surface area (Å²) in [4.78, 5) is 29.9. The lowest BCUT2D eigenvalue weighted by Crippen LogP contribution is -3.12. The SMILES string of the molecule is CCOc1ccc(C(=O)N[C@H](C(=O)N2CC[NH+](C)C[C@@H]2c2ccccc2)C(C)C)cc1. The molecular weight excluding hydrogens is 390 g/mol. The van der Waals surface area contributed by atoms with Crippen LogP contribution in [-0.4, -0.2) is 56.0 Å². The Morgan fingerprint density at radius 1 is 1.13 bits per heavy atom. The van der Waals surface area contributed by atoms with Crippen LogP contribution in [0.5, 0.6) is 5.75 Å². The molecule has 1 fully saturated rings. The summed E-state index contributed by atoms with van der Waals surface area (Å²) in [5.74, 6) is 0.436. The van der Waals surface area contributed by atoms with Crippen molar-refractivity contribution in [3.63, 3.8) is 0 Å². The monoisotopic (exact) mass is 424 g/mol. The third kappa shape index (κ3) is 5.64. The Hall–Kier alpha value is -2.86. The number of piperazine rings is 1. The highest BCUT2D eigenvalue weighted by Crippen LogP contribution is 2.23. The average Bonchev–Trinajstić information content (AvgIpc) is 2.78. The number of likely N-dealkylation sites (N-methyl/N-ethyl adjacent to an activating group) is 1. The molecule has 1 heterocycles. The van der Waals surface area contributed by atoms with E-state index in [-0.39, 0.29) is 23.8 Å². The van der Waals surface area contributed by atoms with Gasteiger partial charge in [-0.25, -0.2) is 0 Å². The Kier molecular flexibility index (Phi) is 7.69. The van der Waals surface area contributed by atoms with Gasteiger partial charge in [-0.15, -0.1) is 0 Å². The van der Waals surface area contributed by atoms with Gasteiger partial charge in [0.05, 0.1) is 26.7 Å². The van der Waals surface area contributed by atoms with Crippen LogP contribution < -0.4 is 15.0 Å². The molecular formula is C25H34N3O3+. The molecule has 1 unspecified atom stereocenters. The molecule has 1 aliphatic heterocycles. The minimum Gasteiger partial charge on any atom is -0.494 e. The number of rotatable bonds is 7. The summed E-state index contributed by atoms with van der Waals surface area (Å²) in [5, 5.41) is 2.99. The lowest BCUT2D eigenvalue weighted by atomic mass is 9.97. The number of hydrogen-bond acceptors (Lipinski definition) is 3. The molecule has 2 aromatic rings. The van der Waals surface area contributed by atoms with Crippen molar-refractivity contribution in [2.24, 2.45) is 5.92 Å². The molecule has 31 heavy (non-hydrogen) atoms. The van der Waals surface area contributed by atoms with Crippen molar-refractivity contribution in [1.29, 1.82) is 0 Å². The number of hydrogen-bond donors (Lipinski definition) is 2. The lowest BCUT2D eigenvalue weighted by molar-refractivity contribution is -0.887. The first-order chi connectivity index (χ1) is 14.9. The van der Waals surface area contributed by atoms with Gasteiger partial charge in [-0.3, -0.25) is 9.59 Å². The van der Waals surface area contributed by atoms with Gasteiger partial charge in [-0.2, -0.15) is 0 Å². The predicted octanol–water partition coefficient (Wildman–Crippen LogP) is 1.94. The Bertz CT molecular complexity index is 867. The van der Waals surface area contributed by atoms with Crippen molar-refractivity contribution >= 4 is 11.8 Å². The van der Waals surface area contributed by atoms with E-state index in [0.717, 1.165) is 24.4 Å². The number of ether oxygens (including phenoxy) is 1. The summed E-state index contributed by atoms with van der Waals surface area (Å²) < 4.78 is 5.45. The normalized spacial score (nSPS) is 19.7. The molecule has 3 atom stereocenters. The second kappa shape index (κ2) is 10.4. The summed E-state index contributed by atoms with van der Waals surface area (Å²) in [6, 6.07) is 16.6. The summed E-state index contributed by atoms with van der Waals surface area (Å²) in [5.41, 5.74) is 1.65. The Morgan fingerprint density at radius 2 is 1.81 bits per heavy atom. The third-order valence-electron chi connectivity index (χ3n) is 5.81. The number of carbonyl (C=O) groups excluding carboxylic acids is 2. The van der Waals surface area contributed by atoms with E-state index in [1.807, 2.05) is 43.9 Å². The maximum Gasteiger partial charge on any atom is 0.251 e. The molecule has 0 saturated carbocycles. The van der Waals surface area contributed by atoms with Crippen LogP contribution in [0.4, 0.5) is 0 Å². The van der Waals surface area contributed by atoms with Crippen LogP contribution in [0.25, 0.3) is 0 Å². The van der Waals surface area contributed by atoms with Gasteiger partial charge in [-0.1, -0.05) is 44.2 Å². The largest absolute Gasteiger partial charge is 0.494 e. The van der Waals surface area contributed by atoms with Gasteiger partial charge >= 0.3 is 0 Å². The molecule has 3 rings (SSSR count). The Labute approximate surface area is 185 Å². The first kappa shape index (κ1) is 22.8. The molecule has 0 aromatic heterocycles. The van der Waals surface area contributed by atoms with E-state index in [0.29, 0.717) is 18.7 Å². The first-order valence-corrected chi connectivity index (χ1v) is 11.1. The molecule has 6 nitrogen and oxygen atoms in total. The topological polar surface area (TPSA) is 63.1 Å². The van der Waals surface area contributed by atoms with Crippen molar-refractivity contribution in [2.45, 2.75) is 32.9 Å². The summed E-state index contributed by atoms with van der Waals surface area (Å²) in [6.45, 7) is 8.86. The fraction of sp³-hybridized carbons (Fsp3) is 0.440. The van der Waals surface area contributed by atoms with E-state index in [4.69, 9.17) is 4.74 Å². The maximum absolute atomic E-state index is 13.6. The van der Waals surface area contributed by atoms with E-state index in [1.54, 1.807) is 24.3 Å². The summed E-state index contributed by atoms with van der Waals surface area (Å²) >= 11 is 0.